The summed E-state index contributed by atoms with van der Waals surface area (Å²) in [7, 11) is 0. The molecule has 0 atom stereocenters. The number of aryl methyl sites for hydroxylation is 1. The molecule has 0 bridgehead atoms. The summed E-state index contributed by atoms with van der Waals surface area (Å²) in [5.74, 6) is 0.379. The first-order chi connectivity index (χ1) is 8.66. The van der Waals surface area contributed by atoms with E-state index in [4.69, 9.17) is 20.6 Å². The molecular formula is C13H21N3O2. The summed E-state index contributed by atoms with van der Waals surface area (Å²) >= 11 is 0. The van der Waals surface area contributed by atoms with Crippen molar-refractivity contribution in [1.29, 1.82) is 5.41 Å². The molecule has 0 amide bonds. The van der Waals surface area contributed by atoms with Gasteiger partial charge in [0.15, 0.2) is 0 Å². The Kier molecular flexibility index (Phi) is 6.14. The number of hydrogen-bond donors (Lipinski definition) is 2. The normalized spacial score (nSPS) is 10.3. The van der Waals surface area contributed by atoms with Crippen LogP contribution in [0.25, 0.3) is 0 Å². The average Bonchev–Trinajstić information content (AvgIpc) is 2.33. The van der Waals surface area contributed by atoms with Gasteiger partial charge in [0, 0.05) is 12.8 Å². The summed E-state index contributed by atoms with van der Waals surface area (Å²) < 4.78 is 10.9. The third-order valence-corrected chi connectivity index (χ3v) is 2.50. The molecule has 1 aromatic heterocycles. The first kappa shape index (κ1) is 14.4. The predicted molar refractivity (Wildman–Crippen MR) is 71.2 cm³/mol. The second kappa shape index (κ2) is 7.66. The minimum absolute atomic E-state index is 0.0255. The van der Waals surface area contributed by atoms with Crippen LogP contribution in [-0.2, 0) is 4.74 Å². The highest BCUT2D eigenvalue weighted by Crippen LogP contribution is 2.17. The number of unbranched alkanes of at least 4 members (excludes halogenated alkanes) is 1. The van der Waals surface area contributed by atoms with Crippen LogP contribution < -0.4 is 10.5 Å². The SMILES string of the molecule is CCCCOCCOc1nccc(C)c1C(=N)N. The first-order valence-electron chi connectivity index (χ1n) is 6.17. The number of hydrogen-bond acceptors (Lipinski definition) is 4. The maximum Gasteiger partial charge on any atom is 0.224 e. The van der Waals surface area contributed by atoms with Crippen LogP contribution in [0.2, 0.25) is 0 Å². The lowest BCUT2D eigenvalue weighted by Crippen LogP contribution is -2.17. The van der Waals surface area contributed by atoms with E-state index < -0.39 is 0 Å². The van der Waals surface area contributed by atoms with E-state index in [2.05, 4.69) is 11.9 Å². The molecule has 0 saturated carbocycles. The molecule has 0 fully saturated rings. The first-order valence-corrected chi connectivity index (χ1v) is 6.17. The maximum atomic E-state index is 7.51. The van der Waals surface area contributed by atoms with E-state index in [9.17, 15) is 0 Å². The molecule has 5 nitrogen and oxygen atoms in total. The van der Waals surface area contributed by atoms with Crippen molar-refractivity contribution in [3.63, 3.8) is 0 Å². The smallest absolute Gasteiger partial charge is 0.224 e. The van der Waals surface area contributed by atoms with Gasteiger partial charge in [0.25, 0.3) is 0 Å². The topological polar surface area (TPSA) is 81.2 Å². The van der Waals surface area contributed by atoms with Gasteiger partial charge in [-0.3, -0.25) is 5.41 Å². The molecule has 0 spiro atoms. The van der Waals surface area contributed by atoms with E-state index in [0.29, 0.717) is 24.7 Å². The second-order valence-electron chi connectivity index (χ2n) is 4.04. The van der Waals surface area contributed by atoms with Crippen LogP contribution in [0.1, 0.15) is 30.9 Å². The maximum absolute atomic E-state index is 7.51. The Morgan fingerprint density at radius 1 is 1.39 bits per heavy atom. The Hall–Kier alpha value is -1.62. The molecule has 0 aliphatic carbocycles. The largest absolute Gasteiger partial charge is 0.475 e. The van der Waals surface area contributed by atoms with Gasteiger partial charge in [-0.15, -0.1) is 0 Å². The predicted octanol–water partition coefficient (Wildman–Crippen LogP) is 1.87. The van der Waals surface area contributed by atoms with Gasteiger partial charge < -0.3 is 15.2 Å². The van der Waals surface area contributed by atoms with Crippen molar-refractivity contribution in [3.05, 3.63) is 23.4 Å². The van der Waals surface area contributed by atoms with Crippen LogP contribution in [0.15, 0.2) is 12.3 Å². The molecule has 0 aromatic carbocycles. The molecular weight excluding hydrogens is 230 g/mol. The lowest BCUT2D eigenvalue weighted by molar-refractivity contribution is 0.0964. The van der Waals surface area contributed by atoms with Crippen molar-refractivity contribution in [2.24, 2.45) is 5.73 Å². The van der Waals surface area contributed by atoms with Crippen LogP contribution in [0.3, 0.4) is 0 Å². The van der Waals surface area contributed by atoms with Crippen LogP contribution in [0.5, 0.6) is 5.88 Å². The number of nitrogens with one attached hydrogen (secondary N) is 1. The van der Waals surface area contributed by atoms with Crippen molar-refractivity contribution in [2.45, 2.75) is 26.7 Å². The minimum Gasteiger partial charge on any atom is -0.475 e. The summed E-state index contributed by atoms with van der Waals surface area (Å²) in [5.41, 5.74) is 6.97. The number of ether oxygens (including phenoxy) is 2. The van der Waals surface area contributed by atoms with Gasteiger partial charge >= 0.3 is 0 Å². The van der Waals surface area contributed by atoms with Crippen LogP contribution >= 0.6 is 0 Å². The van der Waals surface area contributed by atoms with E-state index in [1.807, 2.05) is 6.92 Å². The number of aromatic nitrogens is 1. The molecule has 1 rings (SSSR count). The van der Waals surface area contributed by atoms with Gasteiger partial charge in [-0.1, -0.05) is 13.3 Å². The molecule has 3 N–H and O–H groups in total. The Bertz CT molecular complexity index is 394. The Labute approximate surface area is 108 Å². The quantitative estimate of drug-likeness (QED) is 0.420. The number of nitrogens with zero attached hydrogens (tertiary/aromatic N) is 1. The van der Waals surface area contributed by atoms with Gasteiger partial charge in [-0.25, -0.2) is 4.98 Å². The van der Waals surface area contributed by atoms with Crippen molar-refractivity contribution in [1.82, 2.24) is 4.98 Å². The van der Waals surface area contributed by atoms with E-state index in [1.54, 1.807) is 12.3 Å². The van der Waals surface area contributed by atoms with Gasteiger partial charge in [0.2, 0.25) is 5.88 Å². The van der Waals surface area contributed by atoms with Crippen LogP contribution in [-0.4, -0.2) is 30.6 Å². The monoisotopic (exact) mass is 251 g/mol. The standard InChI is InChI=1S/C13H21N3O2/c1-3-4-7-17-8-9-18-13-11(12(14)15)10(2)5-6-16-13/h5-6H,3-4,7-9H2,1-2H3,(H3,14,15). The molecule has 1 aromatic rings. The summed E-state index contributed by atoms with van der Waals surface area (Å²) in [6, 6.07) is 1.81. The second-order valence-corrected chi connectivity index (χ2v) is 4.04. The summed E-state index contributed by atoms with van der Waals surface area (Å²) in [4.78, 5) is 4.10. The Balaban J connectivity index is 2.47. The lowest BCUT2D eigenvalue weighted by Gasteiger charge is -2.11. The third kappa shape index (κ3) is 4.33. The fraction of sp³-hybridized carbons (Fsp3) is 0.538. The van der Waals surface area contributed by atoms with Crippen molar-refractivity contribution in [2.75, 3.05) is 19.8 Å². The summed E-state index contributed by atoms with van der Waals surface area (Å²) in [6.45, 7) is 5.69. The van der Waals surface area contributed by atoms with E-state index in [1.165, 1.54) is 0 Å². The molecule has 18 heavy (non-hydrogen) atoms. The van der Waals surface area contributed by atoms with E-state index >= 15 is 0 Å². The highest BCUT2D eigenvalue weighted by Gasteiger charge is 2.10. The van der Waals surface area contributed by atoms with Crippen molar-refractivity contribution in [3.8, 4) is 5.88 Å². The van der Waals surface area contributed by atoms with Gasteiger partial charge in [0.05, 0.1) is 12.2 Å². The van der Waals surface area contributed by atoms with Crippen molar-refractivity contribution >= 4 is 5.84 Å². The summed E-state index contributed by atoms with van der Waals surface area (Å²) in [5, 5.41) is 7.51. The molecule has 100 valence electrons. The zero-order chi connectivity index (χ0) is 13.4. The number of pyridine rings is 1. The number of nitrogen functional groups attached to an aromatic ring is 1. The number of nitrogens with two attached hydrogens (primary N) is 1. The van der Waals surface area contributed by atoms with Crippen LogP contribution in [0.4, 0.5) is 0 Å². The number of rotatable bonds is 8. The molecule has 0 aliphatic rings. The van der Waals surface area contributed by atoms with Gasteiger partial charge in [-0.2, -0.15) is 0 Å². The van der Waals surface area contributed by atoms with Crippen LogP contribution in [0, 0.1) is 12.3 Å². The Morgan fingerprint density at radius 2 is 2.17 bits per heavy atom. The van der Waals surface area contributed by atoms with Crippen molar-refractivity contribution < 1.29 is 9.47 Å². The minimum atomic E-state index is -0.0255. The van der Waals surface area contributed by atoms with Gasteiger partial charge in [-0.05, 0) is 25.0 Å². The molecule has 0 radical (unpaired) electrons. The zero-order valence-electron chi connectivity index (χ0n) is 11.0. The highest BCUT2D eigenvalue weighted by atomic mass is 16.5. The van der Waals surface area contributed by atoms with E-state index in [0.717, 1.165) is 25.0 Å². The lowest BCUT2D eigenvalue weighted by atomic mass is 10.1. The van der Waals surface area contributed by atoms with E-state index in [-0.39, 0.29) is 5.84 Å². The fourth-order valence-electron chi connectivity index (χ4n) is 1.52. The molecule has 1 heterocycles. The third-order valence-electron chi connectivity index (χ3n) is 2.50. The zero-order valence-corrected chi connectivity index (χ0v) is 11.0. The molecule has 0 unspecified atom stereocenters. The highest BCUT2D eigenvalue weighted by molar-refractivity contribution is 5.98. The Morgan fingerprint density at radius 3 is 2.83 bits per heavy atom. The number of amidine groups is 1. The van der Waals surface area contributed by atoms with Gasteiger partial charge in [0.1, 0.15) is 12.4 Å². The average molecular weight is 251 g/mol. The molecule has 5 heteroatoms. The molecule has 0 aliphatic heterocycles. The molecule has 0 saturated heterocycles. The summed E-state index contributed by atoms with van der Waals surface area (Å²) in [6.07, 6.45) is 3.82. The fourth-order valence-corrected chi connectivity index (χ4v) is 1.52.